The molecular weight excluding hydrogens is 334 g/mol. The average molecular weight is 366 g/mol. The van der Waals surface area contributed by atoms with Gasteiger partial charge in [-0.05, 0) is 31.2 Å². The van der Waals surface area contributed by atoms with Crippen molar-refractivity contribution in [1.29, 1.82) is 0 Å². The number of unbranched alkanes of at least 4 members (excludes halogenated alkanes) is 2. The van der Waals surface area contributed by atoms with Gasteiger partial charge in [-0.2, -0.15) is 11.3 Å². The summed E-state index contributed by atoms with van der Waals surface area (Å²) in [6.45, 7) is 7.78. The van der Waals surface area contributed by atoms with E-state index >= 15 is 0 Å². The molecule has 1 aromatic heterocycles. The normalized spacial score (nSPS) is 17.1. The maximum Gasteiger partial charge on any atom is 0.254 e. The van der Waals surface area contributed by atoms with Crippen molar-refractivity contribution in [2.75, 3.05) is 32.7 Å². The number of rotatable bonds is 8. The SMILES string of the molecule is CCCCCC(C)NC(=O)CN1CCCN(C(=O)c2ccsc2)CC1. The zero-order valence-corrected chi connectivity index (χ0v) is 16.3. The predicted molar refractivity (Wildman–Crippen MR) is 103 cm³/mol. The molecule has 140 valence electrons. The lowest BCUT2D eigenvalue weighted by atomic mass is 10.1. The van der Waals surface area contributed by atoms with Gasteiger partial charge in [0.1, 0.15) is 0 Å². The van der Waals surface area contributed by atoms with Crippen molar-refractivity contribution in [1.82, 2.24) is 15.1 Å². The van der Waals surface area contributed by atoms with E-state index in [1.165, 1.54) is 19.3 Å². The summed E-state index contributed by atoms with van der Waals surface area (Å²) in [7, 11) is 0. The van der Waals surface area contributed by atoms with Crippen molar-refractivity contribution in [2.45, 2.75) is 52.0 Å². The van der Waals surface area contributed by atoms with E-state index in [4.69, 9.17) is 0 Å². The number of hydrogen-bond acceptors (Lipinski definition) is 4. The second-order valence-electron chi connectivity index (χ2n) is 6.90. The maximum absolute atomic E-state index is 12.4. The van der Waals surface area contributed by atoms with Gasteiger partial charge in [-0.15, -0.1) is 0 Å². The molecule has 25 heavy (non-hydrogen) atoms. The van der Waals surface area contributed by atoms with Crippen LogP contribution in [0.5, 0.6) is 0 Å². The zero-order chi connectivity index (χ0) is 18.1. The van der Waals surface area contributed by atoms with Gasteiger partial charge in [-0.3, -0.25) is 14.5 Å². The Morgan fingerprint density at radius 1 is 1.24 bits per heavy atom. The molecule has 1 aromatic rings. The van der Waals surface area contributed by atoms with Crippen LogP contribution in [-0.2, 0) is 4.79 Å². The van der Waals surface area contributed by atoms with E-state index in [1.54, 1.807) is 11.3 Å². The van der Waals surface area contributed by atoms with Crippen LogP contribution in [0.15, 0.2) is 16.8 Å². The third-order valence-corrected chi connectivity index (χ3v) is 5.34. The monoisotopic (exact) mass is 365 g/mol. The van der Waals surface area contributed by atoms with Crippen LogP contribution in [-0.4, -0.2) is 60.4 Å². The molecule has 1 aliphatic heterocycles. The highest BCUT2D eigenvalue weighted by Crippen LogP contribution is 2.12. The molecule has 1 fully saturated rings. The fourth-order valence-corrected chi connectivity index (χ4v) is 3.83. The molecule has 1 aliphatic rings. The van der Waals surface area contributed by atoms with Crippen LogP contribution < -0.4 is 5.32 Å². The molecule has 1 unspecified atom stereocenters. The number of nitrogens with one attached hydrogen (secondary N) is 1. The van der Waals surface area contributed by atoms with Gasteiger partial charge in [0.15, 0.2) is 0 Å². The summed E-state index contributed by atoms with van der Waals surface area (Å²) < 4.78 is 0. The van der Waals surface area contributed by atoms with Gasteiger partial charge in [-0.1, -0.05) is 26.2 Å². The second-order valence-corrected chi connectivity index (χ2v) is 7.68. The zero-order valence-electron chi connectivity index (χ0n) is 15.5. The van der Waals surface area contributed by atoms with E-state index in [-0.39, 0.29) is 17.9 Å². The van der Waals surface area contributed by atoms with Crippen LogP contribution in [0.4, 0.5) is 0 Å². The molecule has 0 aliphatic carbocycles. The first kappa shape index (κ1) is 19.9. The fraction of sp³-hybridized carbons (Fsp3) is 0.684. The average Bonchev–Trinajstić information content (AvgIpc) is 3.02. The Morgan fingerprint density at radius 3 is 2.80 bits per heavy atom. The summed E-state index contributed by atoms with van der Waals surface area (Å²) in [5.41, 5.74) is 0.775. The summed E-state index contributed by atoms with van der Waals surface area (Å²) >= 11 is 1.55. The van der Waals surface area contributed by atoms with Gasteiger partial charge < -0.3 is 10.2 Å². The van der Waals surface area contributed by atoms with Gasteiger partial charge in [0.25, 0.3) is 5.91 Å². The minimum atomic E-state index is 0.0987. The van der Waals surface area contributed by atoms with Crippen molar-refractivity contribution in [2.24, 2.45) is 0 Å². The topological polar surface area (TPSA) is 52.7 Å². The Labute approximate surface area is 155 Å². The van der Waals surface area contributed by atoms with Crippen LogP contribution in [0, 0.1) is 0 Å². The summed E-state index contributed by atoms with van der Waals surface area (Å²) in [5.74, 6) is 0.207. The van der Waals surface area contributed by atoms with Crippen LogP contribution >= 0.6 is 11.3 Å². The predicted octanol–water partition coefficient (Wildman–Crippen LogP) is 2.98. The van der Waals surface area contributed by atoms with Crippen LogP contribution in [0.2, 0.25) is 0 Å². The van der Waals surface area contributed by atoms with E-state index in [0.29, 0.717) is 13.1 Å². The number of hydrogen-bond donors (Lipinski definition) is 1. The van der Waals surface area contributed by atoms with E-state index in [1.807, 2.05) is 21.7 Å². The number of nitrogens with zero attached hydrogens (tertiary/aromatic N) is 2. The van der Waals surface area contributed by atoms with E-state index in [0.717, 1.165) is 38.0 Å². The summed E-state index contributed by atoms with van der Waals surface area (Å²) in [6, 6.07) is 2.12. The highest BCUT2D eigenvalue weighted by molar-refractivity contribution is 7.08. The van der Waals surface area contributed by atoms with Gasteiger partial charge in [-0.25, -0.2) is 0 Å². The molecule has 1 saturated heterocycles. The molecule has 1 N–H and O–H groups in total. The van der Waals surface area contributed by atoms with Crippen molar-refractivity contribution < 1.29 is 9.59 Å². The van der Waals surface area contributed by atoms with E-state index in [9.17, 15) is 9.59 Å². The van der Waals surface area contributed by atoms with Crippen molar-refractivity contribution in [3.63, 3.8) is 0 Å². The van der Waals surface area contributed by atoms with E-state index < -0.39 is 0 Å². The Morgan fingerprint density at radius 2 is 2.08 bits per heavy atom. The molecule has 0 radical (unpaired) electrons. The minimum absolute atomic E-state index is 0.0987. The van der Waals surface area contributed by atoms with Gasteiger partial charge in [0.05, 0.1) is 12.1 Å². The molecule has 1 atom stereocenters. The summed E-state index contributed by atoms with van der Waals surface area (Å²) in [4.78, 5) is 28.8. The van der Waals surface area contributed by atoms with Crippen molar-refractivity contribution >= 4 is 23.2 Å². The number of carbonyl (C=O) groups is 2. The highest BCUT2D eigenvalue weighted by atomic mass is 32.1. The lowest BCUT2D eigenvalue weighted by Crippen LogP contribution is -2.42. The first-order valence-corrected chi connectivity index (χ1v) is 10.4. The molecule has 0 aromatic carbocycles. The first-order valence-electron chi connectivity index (χ1n) is 9.43. The fourth-order valence-electron chi connectivity index (χ4n) is 3.20. The standard InChI is InChI=1S/C19H31N3O2S/c1-3-4-5-7-16(2)20-18(23)14-21-9-6-10-22(12-11-21)19(24)17-8-13-25-15-17/h8,13,15-16H,3-7,9-12,14H2,1-2H3,(H,20,23). The lowest BCUT2D eigenvalue weighted by Gasteiger charge is -2.22. The molecule has 2 heterocycles. The number of thiophene rings is 1. The first-order chi connectivity index (χ1) is 12.1. The number of carbonyl (C=O) groups excluding carboxylic acids is 2. The molecule has 6 heteroatoms. The molecule has 0 saturated carbocycles. The quantitative estimate of drug-likeness (QED) is 0.721. The Kier molecular flexibility index (Phi) is 8.41. The maximum atomic E-state index is 12.4. The largest absolute Gasteiger partial charge is 0.353 e. The number of amides is 2. The molecule has 0 bridgehead atoms. The Balaban J connectivity index is 1.73. The lowest BCUT2D eigenvalue weighted by molar-refractivity contribution is -0.122. The summed E-state index contributed by atoms with van der Waals surface area (Å²) in [5, 5.41) is 6.94. The van der Waals surface area contributed by atoms with Crippen LogP contribution in [0.1, 0.15) is 56.3 Å². The minimum Gasteiger partial charge on any atom is -0.353 e. The molecule has 2 amide bonds. The molecule has 2 rings (SSSR count). The third-order valence-electron chi connectivity index (χ3n) is 4.66. The molecule has 5 nitrogen and oxygen atoms in total. The highest BCUT2D eigenvalue weighted by Gasteiger charge is 2.21. The molecule has 0 spiro atoms. The third kappa shape index (κ3) is 6.78. The van der Waals surface area contributed by atoms with Crippen LogP contribution in [0.25, 0.3) is 0 Å². The second kappa shape index (κ2) is 10.6. The van der Waals surface area contributed by atoms with Crippen molar-refractivity contribution in [3.05, 3.63) is 22.4 Å². The van der Waals surface area contributed by atoms with Gasteiger partial charge >= 0.3 is 0 Å². The van der Waals surface area contributed by atoms with E-state index in [2.05, 4.69) is 24.1 Å². The van der Waals surface area contributed by atoms with Gasteiger partial charge in [0, 0.05) is 37.6 Å². The smallest absolute Gasteiger partial charge is 0.254 e. The van der Waals surface area contributed by atoms with Crippen molar-refractivity contribution in [3.8, 4) is 0 Å². The molecular formula is C19H31N3O2S. The Bertz CT molecular complexity index is 533. The van der Waals surface area contributed by atoms with Crippen LogP contribution in [0.3, 0.4) is 0 Å². The van der Waals surface area contributed by atoms with Gasteiger partial charge in [0.2, 0.25) is 5.91 Å². The Hall–Kier alpha value is -1.40. The summed E-state index contributed by atoms with van der Waals surface area (Å²) in [6.07, 6.45) is 5.55.